The number of aliphatic hydroxyl groups excluding tert-OH is 1. The topological polar surface area (TPSA) is 46.5 Å². The van der Waals surface area contributed by atoms with Crippen molar-refractivity contribution in [1.29, 1.82) is 0 Å². The Morgan fingerprint density at radius 2 is 1.94 bits per heavy atom. The first-order valence-electron chi connectivity index (χ1n) is 5.48. The van der Waals surface area contributed by atoms with Gasteiger partial charge in [-0.3, -0.25) is 4.79 Å². The van der Waals surface area contributed by atoms with E-state index in [1.807, 2.05) is 30.3 Å². The van der Waals surface area contributed by atoms with Gasteiger partial charge in [0.25, 0.3) is 0 Å². The lowest BCUT2D eigenvalue weighted by Crippen LogP contribution is -1.99. The predicted octanol–water partition coefficient (Wildman–Crippen LogP) is 2.53. The maximum absolute atomic E-state index is 10.1. The van der Waals surface area contributed by atoms with E-state index < -0.39 is 0 Å². The molecule has 0 radical (unpaired) electrons. The Kier molecular flexibility index (Phi) is 9.32. The molecule has 0 atom stereocenters. The van der Waals surface area contributed by atoms with Crippen LogP contribution in [0.1, 0.15) is 32.3 Å². The van der Waals surface area contributed by atoms with Crippen molar-refractivity contribution in [2.75, 3.05) is 6.61 Å². The molecule has 1 N–H and O–H groups in total. The molecule has 16 heavy (non-hydrogen) atoms. The highest BCUT2D eigenvalue weighted by atomic mass is 16.5. The van der Waals surface area contributed by atoms with Crippen molar-refractivity contribution < 1.29 is 14.6 Å². The van der Waals surface area contributed by atoms with Gasteiger partial charge in [0.1, 0.15) is 0 Å². The van der Waals surface area contributed by atoms with Gasteiger partial charge in [-0.2, -0.15) is 0 Å². The zero-order valence-corrected chi connectivity index (χ0v) is 9.98. The fraction of sp³-hybridized carbons (Fsp3) is 0.462. The van der Waals surface area contributed by atoms with Gasteiger partial charge < -0.3 is 9.84 Å². The zero-order valence-electron chi connectivity index (χ0n) is 9.98. The molecule has 1 rings (SSSR count). The molecule has 3 nitrogen and oxygen atoms in total. The van der Waals surface area contributed by atoms with Gasteiger partial charge in [0.2, 0.25) is 0 Å². The third kappa shape index (κ3) is 9.21. The number of unbranched alkanes of at least 4 members (excludes halogenated alkanes) is 1. The summed E-state index contributed by atoms with van der Waals surface area (Å²) in [5.41, 5.74) is 0.965. The molecule has 0 amide bonds. The molecule has 0 fully saturated rings. The number of rotatable bonds is 4. The third-order valence-electron chi connectivity index (χ3n) is 1.83. The Balaban J connectivity index is 0.000000281. The average Bonchev–Trinajstić information content (AvgIpc) is 2.31. The standard InChI is InChI=1S/C7H8O.C6H12O2/c8-6-7-4-2-1-3-5-7;1-3-4-5-8-6(2)7/h1-5,8H,6H2;3-5H2,1-2H3. The fourth-order valence-corrected chi connectivity index (χ4v) is 0.944. The average molecular weight is 224 g/mol. The molecule has 1 aromatic carbocycles. The molecular formula is C13H20O3. The van der Waals surface area contributed by atoms with Gasteiger partial charge in [0, 0.05) is 6.92 Å². The maximum Gasteiger partial charge on any atom is 0.302 e. The Morgan fingerprint density at radius 1 is 1.31 bits per heavy atom. The lowest BCUT2D eigenvalue weighted by atomic mass is 10.2. The molecule has 0 aliphatic heterocycles. The first-order chi connectivity index (χ1) is 7.70. The molecule has 0 aliphatic rings. The minimum Gasteiger partial charge on any atom is -0.466 e. The number of ether oxygens (including phenoxy) is 1. The smallest absolute Gasteiger partial charge is 0.302 e. The van der Waals surface area contributed by atoms with Crippen molar-refractivity contribution in [2.24, 2.45) is 0 Å². The Bertz CT molecular complexity index is 270. The second kappa shape index (κ2) is 10.2. The van der Waals surface area contributed by atoms with E-state index in [0.717, 1.165) is 18.4 Å². The van der Waals surface area contributed by atoms with Gasteiger partial charge in [-0.15, -0.1) is 0 Å². The van der Waals surface area contributed by atoms with Crippen LogP contribution >= 0.6 is 0 Å². The Morgan fingerprint density at radius 3 is 2.31 bits per heavy atom. The van der Waals surface area contributed by atoms with Crippen molar-refractivity contribution in [1.82, 2.24) is 0 Å². The van der Waals surface area contributed by atoms with Crippen LogP contribution in [0, 0.1) is 0 Å². The molecule has 0 saturated carbocycles. The monoisotopic (exact) mass is 224 g/mol. The van der Waals surface area contributed by atoms with Crippen molar-refractivity contribution in [3.63, 3.8) is 0 Å². The van der Waals surface area contributed by atoms with Gasteiger partial charge in [-0.05, 0) is 12.0 Å². The number of esters is 1. The van der Waals surface area contributed by atoms with Crippen LogP contribution in [0.25, 0.3) is 0 Å². The summed E-state index contributed by atoms with van der Waals surface area (Å²) in [5.74, 6) is -0.182. The number of hydrogen-bond donors (Lipinski definition) is 1. The molecule has 0 unspecified atom stereocenters. The Labute approximate surface area is 97.1 Å². The lowest BCUT2D eigenvalue weighted by molar-refractivity contribution is -0.141. The summed E-state index contributed by atoms with van der Waals surface area (Å²) in [6.07, 6.45) is 2.05. The van der Waals surface area contributed by atoms with Gasteiger partial charge in [-0.1, -0.05) is 43.7 Å². The van der Waals surface area contributed by atoms with E-state index in [1.165, 1.54) is 6.92 Å². The van der Waals surface area contributed by atoms with Gasteiger partial charge in [0.15, 0.2) is 0 Å². The van der Waals surface area contributed by atoms with Crippen molar-refractivity contribution >= 4 is 5.97 Å². The minimum atomic E-state index is -0.182. The zero-order chi connectivity index (χ0) is 12.2. The molecule has 0 aliphatic carbocycles. The summed E-state index contributed by atoms with van der Waals surface area (Å²) < 4.78 is 4.64. The highest BCUT2D eigenvalue weighted by Crippen LogP contribution is 1.95. The third-order valence-corrected chi connectivity index (χ3v) is 1.83. The summed E-state index contributed by atoms with van der Waals surface area (Å²) in [6, 6.07) is 9.52. The normalized spacial score (nSPS) is 8.94. The van der Waals surface area contributed by atoms with Crippen LogP contribution in [-0.2, 0) is 16.1 Å². The predicted molar refractivity (Wildman–Crippen MR) is 63.9 cm³/mol. The van der Waals surface area contributed by atoms with E-state index in [2.05, 4.69) is 11.7 Å². The maximum atomic E-state index is 10.1. The van der Waals surface area contributed by atoms with Crippen molar-refractivity contribution in [3.05, 3.63) is 35.9 Å². The van der Waals surface area contributed by atoms with E-state index in [1.54, 1.807) is 0 Å². The second-order valence-corrected chi connectivity index (χ2v) is 3.34. The molecule has 0 bridgehead atoms. The van der Waals surface area contributed by atoms with E-state index in [9.17, 15) is 4.79 Å². The van der Waals surface area contributed by atoms with Crippen LogP contribution in [0.3, 0.4) is 0 Å². The number of carbonyl (C=O) groups excluding carboxylic acids is 1. The first-order valence-corrected chi connectivity index (χ1v) is 5.48. The SMILES string of the molecule is CCCCOC(C)=O.OCc1ccccc1. The number of aliphatic hydroxyl groups is 1. The second-order valence-electron chi connectivity index (χ2n) is 3.34. The number of benzene rings is 1. The first kappa shape index (κ1) is 14.6. The highest BCUT2D eigenvalue weighted by molar-refractivity contribution is 5.65. The summed E-state index contributed by atoms with van der Waals surface area (Å²) in [5, 5.41) is 8.54. The lowest BCUT2D eigenvalue weighted by Gasteiger charge is -1.96. The summed E-state index contributed by atoms with van der Waals surface area (Å²) >= 11 is 0. The largest absolute Gasteiger partial charge is 0.466 e. The molecule has 1 aromatic rings. The molecule has 0 spiro atoms. The number of carbonyl (C=O) groups is 1. The van der Waals surface area contributed by atoms with Crippen molar-refractivity contribution in [2.45, 2.75) is 33.3 Å². The fourth-order valence-electron chi connectivity index (χ4n) is 0.944. The minimum absolute atomic E-state index is 0.140. The summed E-state index contributed by atoms with van der Waals surface area (Å²) in [7, 11) is 0. The van der Waals surface area contributed by atoms with Crippen molar-refractivity contribution in [3.8, 4) is 0 Å². The van der Waals surface area contributed by atoms with E-state index in [0.29, 0.717) is 6.61 Å². The molecule has 3 heteroatoms. The number of hydrogen-bond acceptors (Lipinski definition) is 3. The van der Waals surface area contributed by atoms with Crippen LogP contribution in [0.2, 0.25) is 0 Å². The molecule has 0 saturated heterocycles. The summed E-state index contributed by atoms with van der Waals surface area (Å²) in [4.78, 5) is 10.1. The van der Waals surface area contributed by atoms with Gasteiger partial charge >= 0.3 is 5.97 Å². The summed E-state index contributed by atoms with van der Waals surface area (Å²) in [6.45, 7) is 4.20. The van der Waals surface area contributed by atoms with E-state index in [4.69, 9.17) is 5.11 Å². The van der Waals surface area contributed by atoms with Crippen LogP contribution in [-0.4, -0.2) is 17.7 Å². The molecule has 0 aromatic heterocycles. The highest BCUT2D eigenvalue weighted by Gasteiger charge is 1.88. The van der Waals surface area contributed by atoms with Gasteiger partial charge in [-0.25, -0.2) is 0 Å². The van der Waals surface area contributed by atoms with Gasteiger partial charge in [0.05, 0.1) is 13.2 Å². The van der Waals surface area contributed by atoms with Crippen LogP contribution in [0.5, 0.6) is 0 Å². The Hall–Kier alpha value is -1.35. The van der Waals surface area contributed by atoms with E-state index in [-0.39, 0.29) is 12.6 Å². The van der Waals surface area contributed by atoms with Crippen LogP contribution in [0.15, 0.2) is 30.3 Å². The van der Waals surface area contributed by atoms with E-state index >= 15 is 0 Å². The van der Waals surface area contributed by atoms with Crippen LogP contribution < -0.4 is 0 Å². The van der Waals surface area contributed by atoms with Crippen LogP contribution in [0.4, 0.5) is 0 Å². The molecular weight excluding hydrogens is 204 g/mol. The molecule has 90 valence electrons. The quantitative estimate of drug-likeness (QED) is 0.631. The molecule has 0 heterocycles.